The third kappa shape index (κ3) is 4.68. The molecule has 0 atom stereocenters. The molecule has 0 saturated carbocycles. The second-order valence-corrected chi connectivity index (χ2v) is 5.34. The van der Waals surface area contributed by atoms with Crippen molar-refractivity contribution in [3.8, 4) is 0 Å². The van der Waals surface area contributed by atoms with E-state index in [2.05, 4.69) is 11.9 Å². The first kappa shape index (κ1) is 14.4. The number of benzene rings is 1. The second-order valence-electron chi connectivity index (χ2n) is 3.78. The molecule has 5 nitrogen and oxygen atoms in total. The quantitative estimate of drug-likeness (QED) is 0.739. The number of hydrogen-bond donors (Lipinski definition) is 2. The fourth-order valence-corrected chi connectivity index (χ4v) is 1.91. The van der Waals surface area contributed by atoms with Crippen LogP contribution in [-0.4, -0.2) is 20.9 Å². The van der Waals surface area contributed by atoms with Crippen molar-refractivity contribution in [2.45, 2.75) is 17.7 Å². The first-order valence-corrected chi connectivity index (χ1v) is 6.97. The van der Waals surface area contributed by atoms with Crippen LogP contribution in [0.2, 0.25) is 0 Å². The van der Waals surface area contributed by atoms with Crippen LogP contribution >= 0.6 is 0 Å². The van der Waals surface area contributed by atoms with Crippen molar-refractivity contribution >= 4 is 15.9 Å². The molecule has 6 heteroatoms. The lowest BCUT2D eigenvalue weighted by Gasteiger charge is -2.04. The molecule has 0 aliphatic heterocycles. The van der Waals surface area contributed by atoms with E-state index in [4.69, 9.17) is 5.14 Å². The van der Waals surface area contributed by atoms with E-state index in [-0.39, 0.29) is 10.8 Å². The number of nitrogens with two attached hydrogens (primary N) is 1. The van der Waals surface area contributed by atoms with Gasteiger partial charge < -0.3 is 5.32 Å². The molecule has 0 bridgehead atoms. The van der Waals surface area contributed by atoms with Crippen molar-refractivity contribution < 1.29 is 13.2 Å². The summed E-state index contributed by atoms with van der Waals surface area (Å²) < 4.78 is 22.1. The van der Waals surface area contributed by atoms with E-state index in [9.17, 15) is 13.2 Å². The monoisotopic (exact) mass is 268 g/mol. The van der Waals surface area contributed by atoms with Gasteiger partial charge >= 0.3 is 0 Å². The number of carbonyl (C=O) groups is 1. The SMILES string of the molecule is C=CCC(=O)NCCc1ccc(S(N)(=O)=O)cc1. The molecule has 0 aliphatic rings. The fourth-order valence-electron chi connectivity index (χ4n) is 1.40. The normalized spacial score (nSPS) is 10.9. The van der Waals surface area contributed by atoms with Gasteiger partial charge in [0.15, 0.2) is 0 Å². The molecule has 1 aromatic rings. The summed E-state index contributed by atoms with van der Waals surface area (Å²) in [7, 11) is -3.64. The van der Waals surface area contributed by atoms with Crippen molar-refractivity contribution in [1.82, 2.24) is 5.32 Å². The number of rotatable bonds is 6. The molecule has 0 radical (unpaired) electrons. The Morgan fingerprint density at radius 3 is 2.44 bits per heavy atom. The molecule has 0 fully saturated rings. The molecule has 0 saturated heterocycles. The number of amides is 1. The average molecular weight is 268 g/mol. The van der Waals surface area contributed by atoms with Crippen LogP contribution in [0.5, 0.6) is 0 Å². The van der Waals surface area contributed by atoms with Gasteiger partial charge in [0.2, 0.25) is 15.9 Å². The smallest absolute Gasteiger partial charge is 0.238 e. The highest BCUT2D eigenvalue weighted by Crippen LogP contribution is 2.08. The van der Waals surface area contributed by atoms with E-state index in [1.165, 1.54) is 18.2 Å². The molecule has 18 heavy (non-hydrogen) atoms. The molecule has 0 spiro atoms. The molecule has 0 heterocycles. The Bertz CT molecular complexity index is 521. The van der Waals surface area contributed by atoms with Crippen LogP contribution in [0.3, 0.4) is 0 Å². The summed E-state index contributed by atoms with van der Waals surface area (Å²) in [6.07, 6.45) is 2.47. The van der Waals surface area contributed by atoms with E-state index >= 15 is 0 Å². The van der Waals surface area contributed by atoms with Gasteiger partial charge in [-0.25, -0.2) is 13.6 Å². The molecule has 0 aliphatic carbocycles. The lowest BCUT2D eigenvalue weighted by molar-refractivity contribution is -0.120. The zero-order chi connectivity index (χ0) is 13.6. The molecular weight excluding hydrogens is 252 g/mol. The van der Waals surface area contributed by atoms with Gasteiger partial charge in [-0.3, -0.25) is 4.79 Å². The summed E-state index contributed by atoms with van der Waals surface area (Å²) >= 11 is 0. The van der Waals surface area contributed by atoms with Crippen LogP contribution in [0.25, 0.3) is 0 Å². The highest BCUT2D eigenvalue weighted by molar-refractivity contribution is 7.89. The maximum Gasteiger partial charge on any atom is 0.238 e. The minimum Gasteiger partial charge on any atom is -0.356 e. The van der Waals surface area contributed by atoms with E-state index in [0.29, 0.717) is 19.4 Å². The van der Waals surface area contributed by atoms with Crippen molar-refractivity contribution in [2.24, 2.45) is 5.14 Å². The van der Waals surface area contributed by atoms with Crippen molar-refractivity contribution in [2.75, 3.05) is 6.54 Å². The summed E-state index contributed by atoms with van der Waals surface area (Å²) in [6.45, 7) is 3.97. The largest absolute Gasteiger partial charge is 0.356 e. The summed E-state index contributed by atoms with van der Waals surface area (Å²) in [6, 6.07) is 6.27. The molecule has 3 N–H and O–H groups in total. The number of primary sulfonamides is 1. The molecule has 1 amide bonds. The molecule has 98 valence electrons. The number of sulfonamides is 1. The van der Waals surface area contributed by atoms with E-state index < -0.39 is 10.0 Å². The van der Waals surface area contributed by atoms with Crippen molar-refractivity contribution in [1.29, 1.82) is 0 Å². The Balaban J connectivity index is 2.50. The standard InChI is InChI=1S/C12H16N2O3S/c1-2-3-12(15)14-9-8-10-4-6-11(7-5-10)18(13,16)17/h2,4-7H,1,3,8-9H2,(H,14,15)(H2,13,16,17). The summed E-state index contributed by atoms with van der Waals surface area (Å²) in [5.41, 5.74) is 0.932. The van der Waals surface area contributed by atoms with Crippen LogP contribution in [0.1, 0.15) is 12.0 Å². The van der Waals surface area contributed by atoms with Crippen LogP contribution < -0.4 is 10.5 Å². The summed E-state index contributed by atoms with van der Waals surface area (Å²) in [5.74, 6) is -0.0776. The Labute approximate surface area is 107 Å². The van der Waals surface area contributed by atoms with Crippen LogP contribution in [0, 0.1) is 0 Å². The minimum absolute atomic E-state index is 0.0776. The zero-order valence-corrected chi connectivity index (χ0v) is 10.7. The summed E-state index contributed by atoms with van der Waals surface area (Å²) in [4.78, 5) is 11.2. The highest BCUT2D eigenvalue weighted by atomic mass is 32.2. The van der Waals surface area contributed by atoms with Gasteiger partial charge in [-0.1, -0.05) is 18.2 Å². The first-order valence-electron chi connectivity index (χ1n) is 5.43. The predicted octanol–water partition coefficient (Wildman–Crippen LogP) is 0.569. The van der Waals surface area contributed by atoms with Crippen molar-refractivity contribution in [3.63, 3.8) is 0 Å². The molecule has 0 aromatic heterocycles. The Morgan fingerprint density at radius 1 is 1.33 bits per heavy atom. The first-order chi connectivity index (χ1) is 8.43. The average Bonchev–Trinajstić information content (AvgIpc) is 2.29. The third-order valence-corrected chi connectivity index (χ3v) is 3.25. The van der Waals surface area contributed by atoms with E-state index in [0.717, 1.165) is 5.56 Å². The predicted molar refractivity (Wildman–Crippen MR) is 69.3 cm³/mol. The highest BCUT2D eigenvalue weighted by Gasteiger charge is 2.06. The lowest BCUT2D eigenvalue weighted by Crippen LogP contribution is -2.24. The van der Waals surface area contributed by atoms with Crippen LogP contribution in [0.15, 0.2) is 41.8 Å². The maximum absolute atomic E-state index is 11.1. The maximum atomic E-state index is 11.1. The fraction of sp³-hybridized carbons (Fsp3) is 0.250. The van der Waals surface area contributed by atoms with Crippen molar-refractivity contribution in [3.05, 3.63) is 42.5 Å². The van der Waals surface area contributed by atoms with Gasteiger partial charge in [-0.2, -0.15) is 0 Å². The Morgan fingerprint density at radius 2 is 1.94 bits per heavy atom. The number of carbonyl (C=O) groups excluding carboxylic acids is 1. The van der Waals surface area contributed by atoms with E-state index in [1.807, 2.05) is 0 Å². The molecule has 1 rings (SSSR count). The van der Waals surface area contributed by atoms with Gasteiger partial charge in [0, 0.05) is 13.0 Å². The third-order valence-electron chi connectivity index (χ3n) is 2.32. The Hall–Kier alpha value is -1.66. The molecular formula is C12H16N2O3S. The summed E-state index contributed by atoms with van der Waals surface area (Å²) in [5, 5.41) is 7.71. The van der Waals surface area contributed by atoms with Gasteiger partial charge in [-0.15, -0.1) is 6.58 Å². The molecule has 0 unspecified atom stereocenters. The van der Waals surface area contributed by atoms with E-state index in [1.54, 1.807) is 12.1 Å². The zero-order valence-electron chi connectivity index (χ0n) is 9.93. The minimum atomic E-state index is -3.64. The topological polar surface area (TPSA) is 89.3 Å². The molecule has 1 aromatic carbocycles. The number of hydrogen-bond acceptors (Lipinski definition) is 3. The van der Waals surface area contributed by atoms with Crippen LogP contribution in [0.4, 0.5) is 0 Å². The number of nitrogens with one attached hydrogen (secondary N) is 1. The van der Waals surface area contributed by atoms with Gasteiger partial charge in [-0.05, 0) is 24.1 Å². The second kappa shape index (κ2) is 6.32. The van der Waals surface area contributed by atoms with Gasteiger partial charge in [0.05, 0.1) is 4.90 Å². The van der Waals surface area contributed by atoms with Gasteiger partial charge in [0.1, 0.15) is 0 Å². The van der Waals surface area contributed by atoms with Crippen LogP contribution in [-0.2, 0) is 21.2 Å². The Kier molecular flexibility index (Phi) is 5.06. The van der Waals surface area contributed by atoms with Gasteiger partial charge in [0.25, 0.3) is 0 Å². The lowest BCUT2D eigenvalue weighted by atomic mass is 10.1.